The summed E-state index contributed by atoms with van der Waals surface area (Å²) in [5.41, 5.74) is 7.29. The first-order valence-electron chi connectivity index (χ1n) is 11.8. The number of nitrogens with two attached hydrogens (primary N) is 1. The predicted molar refractivity (Wildman–Crippen MR) is 134 cm³/mol. The normalized spacial score (nSPS) is 14.6. The van der Waals surface area contributed by atoms with Crippen molar-refractivity contribution in [2.24, 2.45) is 0 Å². The van der Waals surface area contributed by atoms with Crippen molar-refractivity contribution in [2.75, 3.05) is 58.2 Å². The van der Waals surface area contributed by atoms with Crippen molar-refractivity contribution < 1.29 is 24.1 Å². The van der Waals surface area contributed by atoms with Gasteiger partial charge < -0.3 is 20.7 Å². The molecule has 1 fully saturated rings. The lowest BCUT2D eigenvalue weighted by Crippen LogP contribution is -2.48. The van der Waals surface area contributed by atoms with Gasteiger partial charge in [-0.3, -0.25) is 14.6 Å². The minimum Gasteiger partial charge on any atom is -0.507 e. The molecule has 1 aliphatic rings. The summed E-state index contributed by atoms with van der Waals surface area (Å²) in [5, 5.41) is 19.5. The summed E-state index contributed by atoms with van der Waals surface area (Å²) < 4.78 is 20.2. The van der Waals surface area contributed by atoms with Crippen LogP contribution in [0.2, 0.25) is 0 Å². The van der Waals surface area contributed by atoms with Crippen LogP contribution in [0, 0.1) is 12.7 Å². The van der Waals surface area contributed by atoms with Crippen molar-refractivity contribution in [3.05, 3.63) is 65.0 Å². The number of nitrogens with zero attached hydrogens (tertiary/aromatic N) is 4. The van der Waals surface area contributed by atoms with E-state index in [9.17, 15) is 14.3 Å². The number of aromatic nitrogens is 2. The molecule has 0 aliphatic carbocycles. The number of halogens is 1. The fourth-order valence-electron chi connectivity index (χ4n) is 4.15. The Balaban J connectivity index is 1.47. The molecule has 1 aromatic heterocycles. The van der Waals surface area contributed by atoms with Gasteiger partial charge in [0.2, 0.25) is 11.8 Å². The van der Waals surface area contributed by atoms with E-state index in [4.69, 9.17) is 15.6 Å². The van der Waals surface area contributed by atoms with Gasteiger partial charge >= 0.3 is 0 Å². The SMILES string of the molecule is Cc1ccc(C(=O)c2ccc(O)c(-c3cc(OCCN4CCN(CCO)CC4)nc(N)n3)c2)c(F)c1. The predicted octanol–water partition coefficient (Wildman–Crippen LogP) is 2.10. The quantitative estimate of drug-likeness (QED) is 0.383. The number of aliphatic hydroxyl groups excluding tert-OH is 1. The Morgan fingerprint density at radius 1 is 1.06 bits per heavy atom. The van der Waals surface area contributed by atoms with Crippen LogP contribution in [0.1, 0.15) is 21.5 Å². The summed E-state index contributed by atoms with van der Waals surface area (Å²) in [4.78, 5) is 25.7. The molecule has 4 rings (SSSR count). The molecular formula is C26H30FN5O4. The number of β-amino-alcohol motifs (C(OH)–C–C–N with tert-alkyl or cyclic N) is 1. The minimum atomic E-state index is -0.605. The molecule has 10 heteroatoms. The smallest absolute Gasteiger partial charge is 0.223 e. The van der Waals surface area contributed by atoms with Crippen molar-refractivity contribution in [1.82, 2.24) is 19.8 Å². The summed E-state index contributed by atoms with van der Waals surface area (Å²) >= 11 is 0. The molecule has 1 saturated heterocycles. The molecular weight excluding hydrogens is 465 g/mol. The third kappa shape index (κ3) is 6.14. The molecule has 0 radical (unpaired) electrons. The number of phenols is 1. The van der Waals surface area contributed by atoms with Gasteiger partial charge in [-0.15, -0.1) is 0 Å². The van der Waals surface area contributed by atoms with Crippen molar-refractivity contribution >= 4 is 11.7 Å². The average Bonchev–Trinajstić information content (AvgIpc) is 2.85. The first-order valence-corrected chi connectivity index (χ1v) is 11.8. The van der Waals surface area contributed by atoms with Gasteiger partial charge in [0.25, 0.3) is 0 Å². The van der Waals surface area contributed by atoms with Gasteiger partial charge in [-0.1, -0.05) is 6.07 Å². The molecule has 0 bridgehead atoms. The largest absolute Gasteiger partial charge is 0.507 e. The van der Waals surface area contributed by atoms with Crippen molar-refractivity contribution in [3.63, 3.8) is 0 Å². The summed E-state index contributed by atoms with van der Waals surface area (Å²) in [7, 11) is 0. The zero-order valence-electron chi connectivity index (χ0n) is 20.2. The molecule has 190 valence electrons. The van der Waals surface area contributed by atoms with Gasteiger partial charge in [0.1, 0.15) is 18.2 Å². The number of aryl methyl sites for hydroxylation is 1. The van der Waals surface area contributed by atoms with E-state index >= 15 is 0 Å². The Morgan fingerprint density at radius 3 is 2.47 bits per heavy atom. The lowest BCUT2D eigenvalue weighted by atomic mass is 9.98. The monoisotopic (exact) mass is 495 g/mol. The van der Waals surface area contributed by atoms with Gasteiger partial charge in [-0.05, 0) is 42.8 Å². The molecule has 36 heavy (non-hydrogen) atoms. The standard InChI is InChI=1S/C26H30FN5O4/c1-17-2-4-19(21(27)14-17)25(35)18-3-5-23(34)20(15-18)22-16-24(30-26(28)29-22)36-13-11-32-8-6-31(7-9-32)10-12-33/h2-5,14-16,33-34H,6-13H2,1H3,(H2,28,29,30). The van der Waals surface area contributed by atoms with Crippen LogP contribution in [0.15, 0.2) is 42.5 Å². The van der Waals surface area contributed by atoms with E-state index in [1.165, 1.54) is 30.3 Å². The third-order valence-electron chi connectivity index (χ3n) is 6.16. The number of phenolic OH excluding ortho intramolecular Hbond substituents is 1. The Morgan fingerprint density at radius 2 is 1.78 bits per heavy atom. The highest BCUT2D eigenvalue weighted by Gasteiger charge is 2.19. The van der Waals surface area contributed by atoms with E-state index in [-0.39, 0.29) is 46.6 Å². The molecule has 2 aromatic carbocycles. The van der Waals surface area contributed by atoms with Crippen LogP contribution < -0.4 is 10.5 Å². The number of nitrogen functional groups attached to an aromatic ring is 1. The number of hydrogen-bond donors (Lipinski definition) is 3. The lowest BCUT2D eigenvalue weighted by molar-refractivity contribution is 0.101. The topological polar surface area (TPSA) is 125 Å². The third-order valence-corrected chi connectivity index (χ3v) is 6.16. The summed E-state index contributed by atoms with van der Waals surface area (Å²) in [6.07, 6.45) is 0. The zero-order chi connectivity index (χ0) is 25.7. The molecule has 0 saturated carbocycles. The van der Waals surface area contributed by atoms with Crippen LogP contribution in [-0.4, -0.2) is 88.2 Å². The average molecular weight is 496 g/mol. The van der Waals surface area contributed by atoms with Crippen LogP contribution in [0.3, 0.4) is 0 Å². The van der Waals surface area contributed by atoms with Crippen LogP contribution in [0.5, 0.6) is 11.6 Å². The van der Waals surface area contributed by atoms with Gasteiger partial charge in [0.15, 0.2) is 5.78 Å². The Bertz CT molecular complexity index is 1230. The second-order valence-electron chi connectivity index (χ2n) is 8.75. The Kier molecular flexibility index (Phi) is 8.09. The lowest BCUT2D eigenvalue weighted by Gasteiger charge is -2.34. The summed E-state index contributed by atoms with van der Waals surface area (Å²) in [6, 6.07) is 10.2. The van der Waals surface area contributed by atoms with Gasteiger partial charge in [0, 0.05) is 56.5 Å². The molecule has 0 spiro atoms. The molecule has 2 heterocycles. The Labute approximate surface area is 209 Å². The fourth-order valence-corrected chi connectivity index (χ4v) is 4.15. The first-order chi connectivity index (χ1) is 17.3. The first kappa shape index (κ1) is 25.5. The van der Waals surface area contributed by atoms with Crippen molar-refractivity contribution in [3.8, 4) is 22.9 Å². The van der Waals surface area contributed by atoms with E-state index in [2.05, 4.69) is 19.8 Å². The molecule has 9 nitrogen and oxygen atoms in total. The maximum atomic E-state index is 14.4. The van der Waals surface area contributed by atoms with E-state index in [1.807, 2.05) is 0 Å². The van der Waals surface area contributed by atoms with Gasteiger partial charge in [-0.25, -0.2) is 9.37 Å². The minimum absolute atomic E-state index is 0.0409. The van der Waals surface area contributed by atoms with Crippen molar-refractivity contribution in [1.29, 1.82) is 0 Å². The maximum Gasteiger partial charge on any atom is 0.223 e. The maximum absolute atomic E-state index is 14.4. The number of aromatic hydroxyl groups is 1. The second kappa shape index (κ2) is 11.4. The highest BCUT2D eigenvalue weighted by molar-refractivity contribution is 6.10. The molecule has 0 atom stereocenters. The number of anilines is 1. The summed E-state index contributed by atoms with van der Waals surface area (Å²) in [6.45, 7) is 7.24. The molecule has 1 aliphatic heterocycles. The Hall–Kier alpha value is -3.60. The number of rotatable bonds is 9. The number of ketones is 1. The van der Waals surface area contributed by atoms with Gasteiger partial charge in [-0.2, -0.15) is 4.98 Å². The van der Waals surface area contributed by atoms with Crippen LogP contribution in [0.4, 0.5) is 10.3 Å². The second-order valence-corrected chi connectivity index (χ2v) is 8.75. The molecule has 0 amide bonds. The molecule has 4 N–H and O–H groups in total. The highest BCUT2D eigenvalue weighted by atomic mass is 19.1. The van der Waals surface area contributed by atoms with Gasteiger partial charge in [0.05, 0.1) is 17.9 Å². The van der Waals surface area contributed by atoms with Crippen LogP contribution in [0.25, 0.3) is 11.3 Å². The van der Waals surface area contributed by atoms with E-state index in [0.717, 1.165) is 26.2 Å². The van der Waals surface area contributed by atoms with Crippen LogP contribution >= 0.6 is 0 Å². The van der Waals surface area contributed by atoms with E-state index < -0.39 is 11.6 Å². The number of carbonyl (C=O) groups is 1. The van der Waals surface area contributed by atoms with Crippen molar-refractivity contribution in [2.45, 2.75) is 6.92 Å². The fraction of sp³-hybridized carbons (Fsp3) is 0.346. The van der Waals surface area contributed by atoms with E-state index in [1.54, 1.807) is 19.1 Å². The highest BCUT2D eigenvalue weighted by Crippen LogP contribution is 2.31. The number of ether oxygens (including phenoxy) is 1. The number of hydrogen-bond acceptors (Lipinski definition) is 9. The number of aliphatic hydroxyl groups is 1. The van der Waals surface area contributed by atoms with Crippen LogP contribution in [-0.2, 0) is 0 Å². The number of piperazine rings is 1. The zero-order valence-corrected chi connectivity index (χ0v) is 20.2. The number of carbonyl (C=O) groups excluding carboxylic acids is 1. The molecule has 0 unspecified atom stereocenters. The summed E-state index contributed by atoms with van der Waals surface area (Å²) in [5.74, 6) is -1.02. The van der Waals surface area contributed by atoms with E-state index in [0.29, 0.717) is 25.3 Å². The molecule has 3 aromatic rings. The number of benzene rings is 2.